The van der Waals surface area contributed by atoms with E-state index >= 15 is 0 Å². The van der Waals surface area contributed by atoms with Crippen LogP contribution in [0.3, 0.4) is 0 Å². The molecule has 2 rings (SSSR count). The molecule has 2 unspecified atom stereocenters. The molecule has 0 aromatic heterocycles. The Morgan fingerprint density at radius 1 is 1.32 bits per heavy atom. The molecule has 0 radical (unpaired) electrons. The van der Waals surface area contributed by atoms with Gasteiger partial charge in [0.2, 0.25) is 0 Å². The number of hydrogen-bond donors (Lipinski definition) is 3. The van der Waals surface area contributed by atoms with Gasteiger partial charge in [0, 0.05) is 30.8 Å². The highest BCUT2D eigenvalue weighted by Gasteiger charge is 2.29. The van der Waals surface area contributed by atoms with Crippen molar-refractivity contribution in [1.82, 2.24) is 4.90 Å². The Kier molecular flexibility index (Phi) is 4.51. The van der Waals surface area contributed by atoms with E-state index < -0.39 is 12.2 Å². The van der Waals surface area contributed by atoms with E-state index in [2.05, 4.69) is 11.8 Å². The van der Waals surface area contributed by atoms with Crippen molar-refractivity contribution in [2.75, 3.05) is 19.6 Å². The summed E-state index contributed by atoms with van der Waals surface area (Å²) in [4.78, 5) is 1.82. The molecule has 19 heavy (non-hydrogen) atoms. The second-order valence-corrected chi connectivity index (χ2v) is 4.64. The molecule has 0 aliphatic carbocycles. The van der Waals surface area contributed by atoms with E-state index in [1.165, 1.54) is 6.07 Å². The van der Waals surface area contributed by atoms with E-state index in [1.807, 2.05) is 4.90 Å². The lowest BCUT2D eigenvalue weighted by atomic mass is 10.1. The number of halogens is 1. The Morgan fingerprint density at radius 3 is 2.58 bits per heavy atom. The first kappa shape index (κ1) is 14.0. The van der Waals surface area contributed by atoms with Gasteiger partial charge in [0.05, 0.1) is 18.8 Å². The van der Waals surface area contributed by atoms with Crippen molar-refractivity contribution in [2.24, 2.45) is 5.73 Å². The predicted molar refractivity (Wildman–Crippen MR) is 69.6 cm³/mol. The second kappa shape index (κ2) is 6.13. The number of nitrogens with two attached hydrogens (primary N) is 1. The van der Waals surface area contributed by atoms with Crippen LogP contribution in [-0.2, 0) is 6.54 Å². The van der Waals surface area contributed by atoms with Crippen molar-refractivity contribution in [2.45, 2.75) is 18.8 Å². The summed E-state index contributed by atoms with van der Waals surface area (Å²) in [6, 6.07) is 4.79. The van der Waals surface area contributed by atoms with Gasteiger partial charge in [0.15, 0.2) is 0 Å². The van der Waals surface area contributed by atoms with Gasteiger partial charge >= 0.3 is 0 Å². The van der Waals surface area contributed by atoms with Gasteiger partial charge in [0.1, 0.15) is 5.82 Å². The van der Waals surface area contributed by atoms with E-state index in [9.17, 15) is 14.6 Å². The lowest BCUT2D eigenvalue weighted by Gasteiger charge is -2.15. The van der Waals surface area contributed by atoms with Gasteiger partial charge < -0.3 is 15.9 Å². The molecule has 0 amide bonds. The minimum atomic E-state index is -0.752. The van der Waals surface area contributed by atoms with Gasteiger partial charge in [-0.25, -0.2) is 4.39 Å². The van der Waals surface area contributed by atoms with E-state index in [-0.39, 0.29) is 12.4 Å². The van der Waals surface area contributed by atoms with Crippen LogP contribution in [0.25, 0.3) is 0 Å². The Morgan fingerprint density at radius 2 is 2.00 bits per heavy atom. The van der Waals surface area contributed by atoms with Gasteiger partial charge in [-0.2, -0.15) is 0 Å². The van der Waals surface area contributed by atoms with Crippen molar-refractivity contribution in [3.8, 4) is 11.8 Å². The van der Waals surface area contributed by atoms with E-state index in [1.54, 1.807) is 12.1 Å². The summed E-state index contributed by atoms with van der Waals surface area (Å²) in [6.07, 6.45) is -1.50. The molecule has 1 saturated heterocycles. The Hall–Kier alpha value is -1.45. The molecule has 1 aliphatic heterocycles. The molecule has 4 nitrogen and oxygen atoms in total. The van der Waals surface area contributed by atoms with Crippen molar-refractivity contribution in [1.29, 1.82) is 0 Å². The average molecular weight is 264 g/mol. The topological polar surface area (TPSA) is 69.7 Å². The third kappa shape index (κ3) is 3.52. The predicted octanol–water partition coefficient (Wildman–Crippen LogP) is -0.327. The van der Waals surface area contributed by atoms with Crippen LogP contribution >= 0.6 is 0 Å². The van der Waals surface area contributed by atoms with E-state index in [0.717, 1.165) is 0 Å². The molecule has 0 saturated carbocycles. The number of nitrogens with zero attached hydrogens (tertiary/aromatic N) is 1. The number of aliphatic hydroxyl groups is 2. The third-order valence-corrected chi connectivity index (χ3v) is 3.12. The SMILES string of the molecule is NCC#Cc1ccc(CN2CC(O)C(O)C2)c(F)c1. The second-order valence-electron chi connectivity index (χ2n) is 4.64. The first-order valence-electron chi connectivity index (χ1n) is 6.16. The first-order valence-corrected chi connectivity index (χ1v) is 6.16. The smallest absolute Gasteiger partial charge is 0.128 e. The number of benzene rings is 1. The van der Waals surface area contributed by atoms with Crippen LogP contribution in [0, 0.1) is 17.7 Å². The van der Waals surface area contributed by atoms with Gasteiger partial charge in [-0.3, -0.25) is 4.90 Å². The Bertz CT molecular complexity index is 500. The zero-order valence-electron chi connectivity index (χ0n) is 10.5. The number of aliphatic hydroxyl groups excluding tert-OH is 2. The molecule has 1 fully saturated rings. The van der Waals surface area contributed by atoms with Crippen LogP contribution in [-0.4, -0.2) is 47.0 Å². The van der Waals surface area contributed by atoms with E-state index in [0.29, 0.717) is 30.8 Å². The quantitative estimate of drug-likeness (QED) is 0.640. The molecule has 0 bridgehead atoms. The molecule has 5 heteroatoms. The van der Waals surface area contributed by atoms with Crippen LogP contribution in [0.1, 0.15) is 11.1 Å². The van der Waals surface area contributed by atoms with E-state index in [4.69, 9.17) is 5.73 Å². The highest BCUT2D eigenvalue weighted by molar-refractivity contribution is 5.37. The first-order chi connectivity index (χ1) is 9.10. The maximum Gasteiger partial charge on any atom is 0.128 e. The van der Waals surface area contributed by atoms with Gasteiger partial charge in [-0.15, -0.1) is 0 Å². The summed E-state index contributed by atoms with van der Waals surface area (Å²) in [6.45, 7) is 1.32. The molecular weight excluding hydrogens is 247 g/mol. The fraction of sp³-hybridized carbons (Fsp3) is 0.429. The van der Waals surface area contributed by atoms with Gasteiger partial charge in [-0.05, 0) is 12.1 Å². The summed E-state index contributed by atoms with van der Waals surface area (Å²) < 4.78 is 13.9. The van der Waals surface area contributed by atoms with Crippen molar-refractivity contribution >= 4 is 0 Å². The number of hydrogen-bond acceptors (Lipinski definition) is 4. The number of likely N-dealkylation sites (tertiary alicyclic amines) is 1. The van der Waals surface area contributed by atoms with Crippen molar-refractivity contribution in [3.05, 3.63) is 35.1 Å². The van der Waals surface area contributed by atoms with Crippen LogP contribution < -0.4 is 5.73 Å². The molecule has 1 heterocycles. The normalized spacial score (nSPS) is 23.2. The monoisotopic (exact) mass is 264 g/mol. The van der Waals surface area contributed by atoms with Crippen LogP contribution in [0.4, 0.5) is 4.39 Å². The molecule has 1 aromatic rings. The highest BCUT2D eigenvalue weighted by atomic mass is 19.1. The molecule has 1 aliphatic rings. The van der Waals surface area contributed by atoms with Crippen LogP contribution in [0.2, 0.25) is 0 Å². The summed E-state index contributed by atoms with van der Waals surface area (Å²) >= 11 is 0. The maximum absolute atomic E-state index is 13.9. The highest BCUT2D eigenvalue weighted by Crippen LogP contribution is 2.17. The average Bonchev–Trinajstić information content (AvgIpc) is 2.69. The van der Waals surface area contributed by atoms with Crippen molar-refractivity contribution < 1.29 is 14.6 Å². The zero-order valence-corrected chi connectivity index (χ0v) is 10.5. The standard InChI is InChI=1S/C14H17FN2O2/c15-12-6-10(2-1-5-16)3-4-11(12)7-17-8-13(18)14(19)9-17/h3-4,6,13-14,18-19H,5,7-9,16H2. The fourth-order valence-corrected chi connectivity index (χ4v) is 2.12. The minimum absolute atomic E-state index is 0.243. The van der Waals surface area contributed by atoms with Crippen molar-refractivity contribution in [3.63, 3.8) is 0 Å². The lowest BCUT2D eigenvalue weighted by Crippen LogP contribution is -2.22. The lowest BCUT2D eigenvalue weighted by molar-refractivity contribution is 0.0572. The minimum Gasteiger partial charge on any atom is -0.389 e. The Balaban J connectivity index is 2.05. The van der Waals surface area contributed by atoms with Gasteiger partial charge in [-0.1, -0.05) is 17.9 Å². The molecular formula is C14H17FN2O2. The van der Waals surface area contributed by atoms with Gasteiger partial charge in [0.25, 0.3) is 0 Å². The molecule has 2 atom stereocenters. The molecule has 102 valence electrons. The fourth-order valence-electron chi connectivity index (χ4n) is 2.12. The zero-order chi connectivity index (χ0) is 13.8. The maximum atomic E-state index is 13.9. The summed E-state index contributed by atoms with van der Waals surface area (Å²) in [7, 11) is 0. The number of rotatable bonds is 2. The Labute approximate surface area is 111 Å². The third-order valence-electron chi connectivity index (χ3n) is 3.12. The number of β-amino-alcohol motifs (C(OH)–C–C–N with tert-alkyl or cyclic N) is 2. The summed E-state index contributed by atoms with van der Waals surface area (Å²) in [5.74, 6) is 5.11. The summed E-state index contributed by atoms with van der Waals surface area (Å²) in [5.41, 5.74) is 6.38. The van der Waals surface area contributed by atoms with Crippen LogP contribution in [0.5, 0.6) is 0 Å². The van der Waals surface area contributed by atoms with Crippen LogP contribution in [0.15, 0.2) is 18.2 Å². The molecule has 4 N–H and O–H groups in total. The molecule has 0 spiro atoms. The largest absolute Gasteiger partial charge is 0.389 e. The summed E-state index contributed by atoms with van der Waals surface area (Å²) in [5, 5.41) is 18.9. The molecule has 1 aromatic carbocycles.